The van der Waals surface area contributed by atoms with Crippen molar-refractivity contribution < 1.29 is 25.3 Å². The summed E-state index contributed by atoms with van der Waals surface area (Å²) >= 11 is 0. The zero-order valence-electron chi connectivity index (χ0n) is 10.9. The molecule has 3 rings (SSSR count). The fourth-order valence-electron chi connectivity index (χ4n) is 2.32. The molecule has 1 aliphatic heterocycles. The van der Waals surface area contributed by atoms with Gasteiger partial charge in [0.05, 0.1) is 19.6 Å². The van der Waals surface area contributed by atoms with Crippen LogP contribution in [0.1, 0.15) is 0 Å². The van der Waals surface area contributed by atoms with E-state index in [0.717, 1.165) is 12.1 Å². The Labute approximate surface area is 141 Å². The third kappa shape index (κ3) is 2.66. The Morgan fingerprint density at radius 3 is 1.35 bits per heavy atom. The van der Waals surface area contributed by atoms with Crippen molar-refractivity contribution in [2.45, 2.75) is 19.6 Å². The van der Waals surface area contributed by atoms with Crippen LogP contribution in [0.5, 0.6) is 0 Å². The van der Waals surface area contributed by atoms with Crippen molar-refractivity contribution in [3.05, 3.63) is 36.4 Å². The largest absolute Gasteiger partial charge is 0.261 e. The SMILES string of the molecule is O=S(=O)(Cl)c1ccc2c(c1)S(=O)(=O)c1cc(S(=O)(=O)Cl)ccc1-2. The van der Waals surface area contributed by atoms with Gasteiger partial charge in [0, 0.05) is 32.5 Å². The second-order valence-electron chi connectivity index (χ2n) is 4.70. The van der Waals surface area contributed by atoms with Crippen LogP contribution >= 0.6 is 21.4 Å². The van der Waals surface area contributed by atoms with E-state index in [-0.39, 0.29) is 30.7 Å². The number of halogens is 2. The van der Waals surface area contributed by atoms with Gasteiger partial charge in [-0.1, -0.05) is 12.1 Å². The maximum atomic E-state index is 12.6. The maximum Gasteiger partial charge on any atom is 0.261 e. The molecule has 0 aliphatic carbocycles. The molecule has 2 aromatic carbocycles. The summed E-state index contributed by atoms with van der Waals surface area (Å²) in [7, 11) is -1.82. The summed E-state index contributed by atoms with van der Waals surface area (Å²) in [4.78, 5) is -1.23. The highest BCUT2D eigenvalue weighted by Gasteiger charge is 2.35. The van der Waals surface area contributed by atoms with Gasteiger partial charge in [0.15, 0.2) is 0 Å². The van der Waals surface area contributed by atoms with E-state index in [2.05, 4.69) is 0 Å². The first-order chi connectivity index (χ1) is 10.4. The van der Waals surface area contributed by atoms with Crippen molar-refractivity contribution in [3.63, 3.8) is 0 Å². The van der Waals surface area contributed by atoms with Crippen molar-refractivity contribution in [2.75, 3.05) is 0 Å². The molecule has 0 radical (unpaired) electrons. The van der Waals surface area contributed by atoms with Gasteiger partial charge in [-0.05, 0) is 24.3 Å². The summed E-state index contributed by atoms with van der Waals surface area (Å²) in [5, 5.41) is 0. The Kier molecular flexibility index (Phi) is 3.59. The van der Waals surface area contributed by atoms with Gasteiger partial charge >= 0.3 is 0 Å². The van der Waals surface area contributed by atoms with Crippen molar-refractivity contribution in [1.82, 2.24) is 0 Å². The molecule has 0 unspecified atom stereocenters. The summed E-state index contributed by atoms with van der Waals surface area (Å²) in [6.45, 7) is 0. The third-order valence-corrected chi connectivity index (χ3v) is 7.88. The molecular formula is C12H6Cl2O6S3. The third-order valence-electron chi connectivity index (χ3n) is 3.34. The highest BCUT2D eigenvalue weighted by Crippen LogP contribution is 2.45. The van der Waals surface area contributed by atoms with Gasteiger partial charge in [-0.15, -0.1) is 0 Å². The molecule has 0 fully saturated rings. The number of benzene rings is 2. The number of hydrogen-bond donors (Lipinski definition) is 0. The molecule has 1 aliphatic rings. The molecule has 0 bridgehead atoms. The number of rotatable bonds is 2. The van der Waals surface area contributed by atoms with Gasteiger partial charge in [0.1, 0.15) is 0 Å². The molecular weight excluding hydrogens is 407 g/mol. The quantitative estimate of drug-likeness (QED) is 0.598. The fraction of sp³-hybridized carbons (Fsp3) is 0. The summed E-state index contributed by atoms with van der Waals surface area (Å²) in [5.74, 6) is 0. The van der Waals surface area contributed by atoms with Crippen LogP contribution in [-0.2, 0) is 27.9 Å². The molecule has 0 saturated heterocycles. The minimum atomic E-state index is -4.10. The van der Waals surface area contributed by atoms with E-state index in [0.29, 0.717) is 0 Å². The van der Waals surface area contributed by atoms with Gasteiger partial charge in [-0.3, -0.25) is 0 Å². The van der Waals surface area contributed by atoms with Gasteiger partial charge in [0.2, 0.25) is 9.84 Å². The minimum Gasteiger partial charge on any atom is -0.218 e. The monoisotopic (exact) mass is 412 g/mol. The highest BCUT2D eigenvalue weighted by atomic mass is 35.7. The average molecular weight is 413 g/mol. The topological polar surface area (TPSA) is 102 Å². The van der Waals surface area contributed by atoms with E-state index in [1.807, 2.05) is 0 Å². The molecule has 0 atom stereocenters. The molecule has 6 nitrogen and oxygen atoms in total. The van der Waals surface area contributed by atoms with Gasteiger partial charge in [-0.2, -0.15) is 0 Å². The second-order valence-corrected chi connectivity index (χ2v) is 11.7. The zero-order chi connectivity index (χ0) is 17.2. The lowest BCUT2D eigenvalue weighted by atomic mass is 10.1. The molecule has 1 heterocycles. The molecule has 122 valence electrons. The minimum absolute atomic E-state index is 0.252. The fourth-order valence-corrected chi connectivity index (χ4v) is 5.76. The van der Waals surface area contributed by atoms with Gasteiger partial charge in [0.25, 0.3) is 18.1 Å². The average Bonchev–Trinajstić information content (AvgIpc) is 2.65. The molecule has 11 heteroatoms. The van der Waals surface area contributed by atoms with Crippen molar-refractivity contribution in [1.29, 1.82) is 0 Å². The molecule has 2 aromatic rings. The van der Waals surface area contributed by atoms with Crippen LogP contribution < -0.4 is 0 Å². The molecule has 0 N–H and O–H groups in total. The zero-order valence-corrected chi connectivity index (χ0v) is 14.9. The van der Waals surface area contributed by atoms with Crippen LogP contribution in [0.3, 0.4) is 0 Å². The van der Waals surface area contributed by atoms with Crippen LogP contribution in [0.2, 0.25) is 0 Å². The second kappa shape index (κ2) is 4.93. The van der Waals surface area contributed by atoms with E-state index in [1.165, 1.54) is 24.3 Å². The molecule has 0 saturated carbocycles. The van der Waals surface area contributed by atoms with Crippen LogP contribution in [-0.4, -0.2) is 25.3 Å². The first kappa shape index (κ1) is 16.7. The first-order valence-electron chi connectivity index (χ1n) is 5.85. The Balaban J connectivity index is 2.35. The lowest BCUT2D eigenvalue weighted by Gasteiger charge is -2.01. The van der Waals surface area contributed by atoms with Crippen LogP contribution in [0.4, 0.5) is 0 Å². The number of hydrogen-bond acceptors (Lipinski definition) is 6. The lowest BCUT2D eigenvalue weighted by molar-refractivity contribution is 0.598. The number of sulfone groups is 1. The normalized spacial score (nSPS) is 15.9. The summed E-state index contributed by atoms with van der Waals surface area (Å²) in [6, 6.07) is 6.87. The van der Waals surface area contributed by atoms with Crippen LogP contribution in [0, 0.1) is 0 Å². The Morgan fingerprint density at radius 1 is 0.696 bits per heavy atom. The number of fused-ring (bicyclic) bond motifs is 3. The van der Waals surface area contributed by atoms with Crippen molar-refractivity contribution in [3.8, 4) is 11.1 Å². The van der Waals surface area contributed by atoms with E-state index in [4.69, 9.17) is 21.4 Å². The summed E-state index contributed by atoms with van der Waals surface area (Å²) in [6.07, 6.45) is 0. The summed E-state index contributed by atoms with van der Waals surface area (Å²) < 4.78 is 70.6. The van der Waals surface area contributed by atoms with Crippen LogP contribution in [0.25, 0.3) is 11.1 Å². The molecule has 0 amide bonds. The Hall–Kier alpha value is -1.13. The highest BCUT2D eigenvalue weighted by molar-refractivity contribution is 8.14. The van der Waals surface area contributed by atoms with Crippen LogP contribution in [0.15, 0.2) is 56.0 Å². The van der Waals surface area contributed by atoms with E-state index in [1.54, 1.807) is 0 Å². The Morgan fingerprint density at radius 2 is 1.04 bits per heavy atom. The molecule has 0 spiro atoms. The summed E-state index contributed by atoms with van der Waals surface area (Å²) in [5.41, 5.74) is 0.533. The first-order valence-corrected chi connectivity index (χ1v) is 12.0. The standard InChI is InChI=1S/C12H6Cl2O6S3/c13-22(17,18)7-1-3-9-10-4-2-8(23(14,19)20)6-12(10)21(15,16)11(9)5-7/h1-6H. The predicted molar refractivity (Wildman–Crippen MR) is 83.4 cm³/mol. The lowest BCUT2D eigenvalue weighted by Crippen LogP contribution is -2.00. The molecule has 23 heavy (non-hydrogen) atoms. The predicted octanol–water partition coefficient (Wildman–Crippen LogP) is 2.35. The van der Waals surface area contributed by atoms with Crippen molar-refractivity contribution >= 4 is 49.3 Å². The van der Waals surface area contributed by atoms with E-state index >= 15 is 0 Å². The van der Waals surface area contributed by atoms with E-state index in [9.17, 15) is 25.3 Å². The van der Waals surface area contributed by atoms with Crippen molar-refractivity contribution in [2.24, 2.45) is 0 Å². The molecule has 0 aromatic heterocycles. The van der Waals surface area contributed by atoms with Gasteiger partial charge in [-0.25, -0.2) is 25.3 Å². The van der Waals surface area contributed by atoms with Gasteiger partial charge < -0.3 is 0 Å². The smallest absolute Gasteiger partial charge is 0.218 e. The Bertz CT molecular complexity index is 1080. The maximum absolute atomic E-state index is 12.6. The van der Waals surface area contributed by atoms with E-state index < -0.39 is 27.9 Å².